The first-order chi connectivity index (χ1) is 26.0. The van der Waals surface area contributed by atoms with Crippen molar-refractivity contribution in [3.8, 4) is 50.7 Å². The molecule has 3 aromatic heterocycles. The number of para-hydroxylation sites is 2. The monoisotopic (exact) mass is 679 g/mol. The Bertz CT molecular complexity index is 3080. The SMILES string of the molecule is CC1(C)c2ccccc2-c2c1ccc1c3ccccc3n(-c3ccc(-c4nc(-c5ccccc5)cc(-c5ccc6c(c5)oc5ccccc56)n4)cc3)c21. The first-order valence-corrected chi connectivity index (χ1v) is 18.2. The van der Waals surface area contributed by atoms with Crippen LogP contribution in [-0.4, -0.2) is 14.5 Å². The lowest BCUT2D eigenvalue weighted by molar-refractivity contribution is 0.661. The van der Waals surface area contributed by atoms with E-state index < -0.39 is 0 Å². The van der Waals surface area contributed by atoms with Crippen LogP contribution in [0.25, 0.3) is 94.5 Å². The van der Waals surface area contributed by atoms with E-state index in [9.17, 15) is 0 Å². The summed E-state index contributed by atoms with van der Waals surface area (Å²) in [5.41, 5.74) is 15.3. The molecule has 3 heterocycles. The fourth-order valence-electron chi connectivity index (χ4n) is 8.64. The van der Waals surface area contributed by atoms with E-state index in [4.69, 9.17) is 14.4 Å². The van der Waals surface area contributed by atoms with Gasteiger partial charge in [0.15, 0.2) is 5.82 Å². The van der Waals surface area contributed by atoms with Crippen LogP contribution in [0.3, 0.4) is 0 Å². The Labute approximate surface area is 306 Å². The molecule has 0 unspecified atom stereocenters. The number of nitrogens with zero attached hydrogens (tertiary/aromatic N) is 3. The molecule has 1 aliphatic rings. The van der Waals surface area contributed by atoms with Gasteiger partial charge in [-0.1, -0.05) is 123 Å². The van der Waals surface area contributed by atoms with Crippen LogP contribution in [-0.2, 0) is 5.41 Å². The minimum atomic E-state index is -0.0843. The van der Waals surface area contributed by atoms with Gasteiger partial charge in [-0.05, 0) is 71.3 Å². The van der Waals surface area contributed by atoms with Gasteiger partial charge < -0.3 is 8.98 Å². The Morgan fingerprint density at radius 3 is 2.00 bits per heavy atom. The topological polar surface area (TPSA) is 43.9 Å². The number of benzene rings is 7. The molecule has 53 heavy (non-hydrogen) atoms. The molecule has 0 aliphatic heterocycles. The van der Waals surface area contributed by atoms with Crippen molar-refractivity contribution in [1.29, 1.82) is 0 Å². The van der Waals surface area contributed by atoms with Crippen molar-refractivity contribution >= 4 is 43.7 Å². The molecule has 0 amide bonds. The molecule has 0 N–H and O–H groups in total. The molecule has 4 heteroatoms. The molecule has 4 nitrogen and oxygen atoms in total. The fourth-order valence-corrected chi connectivity index (χ4v) is 8.64. The van der Waals surface area contributed by atoms with Gasteiger partial charge in [0.1, 0.15) is 11.2 Å². The summed E-state index contributed by atoms with van der Waals surface area (Å²) >= 11 is 0. The zero-order valence-corrected chi connectivity index (χ0v) is 29.3. The van der Waals surface area contributed by atoms with Gasteiger partial charge in [-0.2, -0.15) is 0 Å². The molecule has 7 aromatic carbocycles. The van der Waals surface area contributed by atoms with Crippen LogP contribution in [0.5, 0.6) is 0 Å². The molecule has 11 rings (SSSR count). The Morgan fingerprint density at radius 1 is 0.491 bits per heavy atom. The maximum atomic E-state index is 6.27. The molecule has 0 atom stereocenters. The molecule has 0 saturated carbocycles. The highest BCUT2D eigenvalue weighted by Gasteiger charge is 2.37. The molecule has 250 valence electrons. The predicted molar refractivity (Wildman–Crippen MR) is 218 cm³/mol. The lowest BCUT2D eigenvalue weighted by atomic mass is 9.82. The van der Waals surface area contributed by atoms with Crippen molar-refractivity contribution in [3.05, 3.63) is 175 Å². The molecule has 10 aromatic rings. The normalized spacial score (nSPS) is 13.2. The molecule has 0 spiro atoms. The van der Waals surface area contributed by atoms with E-state index in [0.29, 0.717) is 5.82 Å². The summed E-state index contributed by atoms with van der Waals surface area (Å²) in [5.74, 6) is 0.677. The van der Waals surface area contributed by atoms with Crippen molar-refractivity contribution in [1.82, 2.24) is 14.5 Å². The Hall–Kier alpha value is -6.78. The number of aromatic nitrogens is 3. The summed E-state index contributed by atoms with van der Waals surface area (Å²) in [6.07, 6.45) is 0. The molecular weight excluding hydrogens is 647 g/mol. The lowest BCUT2D eigenvalue weighted by Crippen LogP contribution is -2.14. The highest BCUT2D eigenvalue weighted by molar-refractivity contribution is 6.15. The van der Waals surface area contributed by atoms with Crippen LogP contribution in [0.4, 0.5) is 0 Å². The molecule has 1 aliphatic carbocycles. The molecule has 0 bridgehead atoms. The number of fused-ring (bicyclic) bond motifs is 10. The van der Waals surface area contributed by atoms with Crippen LogP contribution in [0, 0.1) is 0 Å². The number of hydrogen-bond acceptors (Lipinski definition) is 3. The van der Waals surface area contributed by atoms with Crippen molar-refractivity contribution in [2.24, 2.45) is 0 Å². The van der Waals surface area contributed by atoms with Gasteiger partial charge in [-0.3, -0.25) is 0 Å². The largest absolute Gasteiger partial charge is 0.456 e. The van der Waals surface area contributed by atoms with Crippen LogP contribution in [0.1, 0.15) is 25.0 Å². The van der Waals surface area contributed by atoms with E-state index in [-0.39, 0.29) is 5.41 Å². The van der Waals surface area contributed by atoms with Crippen LogP contribution in [0.15, 0.2) is 168 Å². The van der Waals surface area contributed by atoms with Crippen molar-refractivity contribution in [2.75, 3.05) is 0 Å². The highest BCUT2D eigenvalue weighted by Crippen LogP contribution is 2.52. The summed E-state index contributed by atoms with van der Waals surface area (Å²) in [4.78, 5) is 10.3. The third-order valence-corrected chi connectivity index (χ3v) is 11.2. The van der Waals surface area contributed by atoms with Gasteiger partial charge in [0.05, 0.1) is 22.4 Å². The van der Waals surface area contributed by atoms with Gasteiger partial charge in [-0.25, -0.2) is 9.97 Å². The predicted octanol–water partition coefficient (Wildman–Crippen LogP) is 12.8. The first kappa shape index (κ1) is 29.9. The van der Waals surface area contributed by atoms with E-state index in [1.165, 1.54) is 44.1 Å². The van der Waals surface area contributed by atoms with Gasteiger partial charge >= 0.3 is 0 Å². The van der Waals surface area contributed by atoms with E-state index in [2.05, 4.69) is 146 Å². The van der Waals surface area contributed by atoms with Crippen molar-refractivity contribution < 1.29 is 4.42 Å². The minimum absolute atomic E-state index is 0.0843. The van der Waals surface area contributed by atoms with Crippen LogP contribution < -0.4 is 0 Å². The summed E-state index contributed by atoms with van der Waals surface area (Å²) in [5, 5.41) is 4.73. The quantitative estimate of drug-likeness (QED) is 0.186. The second kappa shape index (κ2) is 11.1. The second-order valence-electron chi connectivity index (χ2n) is 14.6. The smallest absolute Gasteiger partial charge is 0.160 e. The van der Waals surface area contributed by atoms with Crippen molar-refractivity contribution in [3.63, 3.8) is 0 Å². The zero-order chi connectivity index (χ0) is 35.3. The van der Waals surface area contributed by atoms with Crippen LogP contribution >= 0.6 is 0 Å². The Morgan fingerprint density at radius 2 is 1.15 bits per heavy atom. The third-order valence-electron chi connectivity index (χ3n) is 11.2. The van der Waals surface area contributed by atoms with Gasteiger partial charge in [-0.15, -0.1) is 0 Å². The Balaban J connectivity index is 1.08. The standard InChI is InChI=1S/C49H33N3O/c1-49(2)39-17-9-6-16-38(39)46-40(49)27-26-37-34-14-7-10-18-43(34)52(47(37)46)33-23-20-31(21-24-33)48-50-41(30-12-4-3-5-13-30)29-42(51-48)32-22-25-36-35-15-8-11-19-44(35)53-45(36)28-32/h3-29H,1-2H3. The third kappa shape index (κ3) is 4.42. The van der Waals surface area contributed by atoms with E-state index in [1.807, 2.05) is 36.4 Å². The summed E-state index contributed by atoms with van der Waals surface area (Å²) in [7, 11) is 0. The number of hydrogen-bond donors (Lipinski definition) is 0. The first-order valence-electron chi connectivity index (χ1n) is 18.2. The minimum Gasteiger partial charge on any atom is -0.456 e. The number of furan rings is 1. The maximum Gasteiger partial charge on any atom is 0.160 e. The summed E-state index contributed by atoms with van der Waals surface area (Å²) < 4.78 is 8.71. The highest BCUT2D eigenvalue weighted by atomic mass is 16.3. The van der Waals surface area contributed by atoms with E-state index >= 15 is 0 Å². The van der Waals surface area contributed by atoms with E-state index in [0.717, 1.165) is 55.7 Å². The Kier molecular flexibility index (Phi) is 6.27. The van der Waals surface area contributed by atoms with Gasteiger partial charge in [0, 0.05) is 54.9 Å². The summed E-state index contributed by atoms with van der Waals surface area (Å²) in [6.45, 7) is 4.69. The van der Waals surface area contributed by atoms with Gasteiger partial charge in [0.2, 0.25) is 0 Å². The molecule has 0 fully saturated rings. The maximum absolute atomic E-state index is 6.27. The lowest BCUT2D eigenvalue weighted by Gasteiger charge is -2.21. The van der Waals surface area contributed by atoms with Crippen molar-refractivity contribution in [2.45, 2.75) is 19.3 Å². The fraction of sp³-hybridized carbons (Fsp3) is 0.0612. The zero-order valence-electron chi connectivity index (χ0n) is 29.3. The average molecular weight is 680 g/mol. The second-order valence-corrected chi connectivity index (χ2v) is 14.6. The molecule has 0 saturated heterocycles. The van der Waals surface area contributed by atoms with E-state index in [1.54, 1.807) is 0 Å². The van der Waals surface area contributed by atoms with Gasteiger partial charge in [0.25, 0.3) is 0 Å². The summed E-state index contributed by atoms with van der Waals surface area (Å²) in [6, 6.07) is 58.0. The molecule has 0 radical (unpaired) electrons. The van der Waals surface area contributed by atoms with Crippen LogP contribution in [0.2, 0.25) is 0 Å². The number of rotatable bonds is 4. The molecular formula is C49H33N3O. The average Bonchev–Trinajstić information content (AvgIpc) is 3.83.